The van der Waals surface area contributed by atoms with Crippen LogP contribution in [-0.4, -0.2) is 44.7 Å². The van der Waals surface area contributed by atoms with Crippen molar-refractivity contribution in [2.24, 2.45) is 4.40 Å². The number of amides is 1. The van der Waals surface area contributed by atoms with Gasteiger partial charge in [0.15, 0.2) is 16.7 Å². The van der Waals surface area contributed by atoms with Crippen LogP contribution in [0.15, 0.2) is 61.1 Å². The van der Waals surface area contributed by atoms with Crippen LogP contribution in [0.1, 0.15) is 57.9 Å². The van der Waals surface area contributed by atoms with Gasteiger partial charge in [-0.1, -0.05) is 61.0 Å². The number of benzene rings is 2. The van der Waals surface area contributed by atoms with Crippen LogP contribution in [0.4, 0.5) is 0 Å². The van der Waals surface area contributed by atoms with E-state index in [1.165, 1.54) is 42.7 Å². The highest BCUT2D eigenvalue weighted by Gasteiger charge is 2.34. The van der Waals surface area contributed by atoms with Gasteiger partial charge in [-0.2, -0.15) is 8.42 Å². The summed E-state index contributed by atoms with van der Waals surface area (Å²) in [5.41, 5.74) is 0.743. The molecule has 2 aromatic rings. The van der Waals surface area contributed by atoms with Crippen molar-refractivity contribution in [1.82, 2.24) is 4.90 Å². The van der Waals surface area contributed by atoms with Gasteiger partial charge >= 0.3 is 0 Å². The Morgan fingerprint density at radius 1 is 1.00 bits per heavy atom. The summed E-state index contributed by atoms with van der Waals surface area (Å²) in [5, 5.41) is 0.132. The zero-order chi connectivity index (χ0) is 26.8. The number of amidine groups is 1. The molecule has 10 heteroatoms. The van der Waals surface area contributed by atoms with Gasteiger partial charge in [0, 0.05) is 11.0 Å². The van der Waals surface area contributed by atoms with Gasteiger partial charge in [-0.05, 0) is 73.1 Å². The largest absolute Gasteiger partial charge is 0.493 e. The molecule has 1 amide bonds. The minimum absolute atomic E-state index is 0.0611. The molecule has 7 nitrogen and oxygen atoms in total. The number of unbranched alkanes of at least 4 members (excludes halogenated alkanes) is 5. The van der Waals surface area contributed by atoms with Crippen molar-refractivity contribution < 1.29 is 22.7 Å². The predicted molar refractivity (Wildman–Crippen MR) is 154 cm³/mol. The molecule has 0 N–H and O–H groups in total. The summed E-state index contributed by atoms with van der Waals surface area (Å²) in [5.74, 6) is 0.941. The fourth-order valence-corrected chi connectivity index (χ4v) is 6.23. The molecular weight excluding hydrogens is 576 g/mol. The maximum absolute atomic E-state index is 13.0. The van der Waals surface area contributed by atoms with Gasteiger partial charge in [-0.15, -0.1) is 4.40 Å². The number of likely N-dealkylation sites (N-methyl/N-ethyl adjacent to an activating group) is 1. The van der Waals surface area contributed by atoms with Crippen molar-refractivity contribution in [2.75, 3.05) is 20.3 Å². The van der Waals surface area contributed by atoms with Crippen LogP contribution < -0.4 is 9.47 Å². The summed E-state index contributed by atoms with van der Waals surface area (Å²) in [7, 11) is -2.39. The molecular formula is C27H33BrN2O5S2. The normalized spacial score (nSPS) is 16.1. The zero-order valence-corrected chi connectivity index (χ0v) is 24.6. The first-order valence-corrected chi connectivity index (χ1v) is 15.5. The van der Waals surface area contributed by atoms with E-state index in [4.69, 9.17) is 9.47 Å². The van der Waals surface area contributed by atoms with Crippen LogP contribution in [-0.2, 0) is 14.8 Å². The van der Waals surface area contributed by atoms with Gasteiger partial charge in [-0.25, -0.2) is 0 Å². The van der Waals surface area contributed by atoms with E-state index in [1.54, 1.807) is 38.3 Å². The molecule has 0 saturated carbocycles. The van der Waals surface area contributed by atoms with Crippen molar-refractivity contribution in [3.05, 3.63) is 57.4 Å². The number of hydrogen-bond acceptors (Lipinski definition) is 6. The van der Waals surface area contributed by atoms with Crippen LogP contribution >= 0.6 is 27.7 Å². The Hall–Kier alpha value is -2.30. The van der Waals surface area contributed by atoms with Crippen molar-refractivity contribution in [1.29, 1.82) is 0 Å². The van der Waals surface area contributed by atoms with Crippen LogP contribution in [0, 0.1) is 0 Å². The molecule has 1 saturated heterocycles. The Morgan fingerprint density at radius 2 is 1.70 bits per heavy atom. The molecule has 1 heterocycles. The van der Waals surface area contributed by atoms with Gasteiger partial charge in [0.1, 0.15) is 0 Å². The average Bonchev–Trinajstić information content (AvgIpc) is 3.16. The summed E-state index contributed by atoms with van der Waals surface area (Å²) in [6, 6.07) is 11.7. The van der Waals surface area contributed by atoms with Crippen molar-refractivity contribution in [3.63, 3.8) is 0 Å². The Bertz CT molecular complexity index is 1240. The van der Waals surface area contributed by atoms with Gasteiger partial charge in [0.05, 0.1) is 23.5 Å². The minimum atomic E-state index is -3.97. The molecule has 3 rings (SSSR count). The second-order valence-corrected chi connectivity index (χ2v) is 12.0. The van der Waals surface area contributed by atoms with Gasteiger partial charge in [0.25, 0.3) is 15.9 Å². The Labute approximate surface area is 232 Å². The zero-order valence-electron chi connectivity index (χ0n) is 21.4. The van der Waals surface area contributed by atoms with Crippen LogP contribution in [0.3, 0.4) is 0 Å². The van der Waals surface area contributed by atoms with E-state index in [0.717, 1.165) is 34.6 Å². The number of sulfonamides is 1. The quantitative estimate of drug-likeness (QED) is 0.182. The van der Waals surface area contributed by atoms with E-state index in [0.29, 0.717) is 29.6 Å². The minimum Gasteiger partial charge on any atom is -0.493 e. The molecule has 1 aliphatic heterocycles. The summed E-state index contributed by atoms with van der Waals surface area (Å²) >= 11 is 4.34. The maximum Gasteiger partial charge on any atom is 0.284 e. The molecule has 0 unspecified atom stereocenters. The van der Waals surface area contributed by atoms with Crippen LogP contribution in [0.5, 0.6) is 11.5 Å². The second-order valence-electron chi connectivity index (χ2n) is 8.49. The Balaban J connectivity index is 1.73. The first-order valence-electron chi connectivity index (χ1n) is 12.4. The first-order chi connectivity index (χ1) is 17.8. The number of ether oxygens (including phenoxy) is 2. The van der Waals surface area contributed by atoms with Gasteiger partial charge < -0.3 is 9.47 Å². The number of carbonyl (C=O) groups is 1. The highest BCUT2D eigenvalue weighted by atomic mass is 79.9. The molecule has 1 fully saturated rings. The lowest BCUT2D eigenvalue weighted by atomic mass is 10.1. The van der Waals surface area contributed by atoms with E-state index < -0.39 is 10.0 Å². The highest BCUT2D eigenvalue weighted by Crippen LogP contribution is 2.35. The monoisotopic (exact) mass is 608 g/mol. The molecule has 0 spiro atoms. The molecule has 37 heavy (non-hydrogen) atoms. The smallest absolute Gasteiger partial charge is 0.284 e. The van der Waals surface area contributed by atoms with E-state index in [1.807, 2.05) is 12.1 Å². The van der Waals surface area contributed by atoms with E-state index in [-0.39, 0.29) is 16.0 Å². The molecule has 200 valence electrons. The Morgan fingerprint density at radius 3 is 2.38 bits per heavy atom. The highest BCUT2D eigenvalue weighted by molar-refractivity contribution is 9.10. The number of halogens is 1. The molecule has 0 atom stereocenters. The van der Waals surface area contributed by atoms with Crippen LogP contribution in [0.25, 0.3) is 6.08 Å². The SMILES string of the molecule is CCCCCCCCOc1ccc(C=C2SC(=NS(=O)(=O)c3ccc(Br)cc3)N(CC)C2=O)cc1OC. The molecule has 0 bridgehead atoms. The van der Waals surface area contributed by atoms with E-state index in [9.17, 15) is 13.2 Å². The number of rotatable bonds is 13. The number of nitrogens with zero attached hydrogens (tertiary/aromatic N) is 2. The topological polar surface area (TPSA) is 85.3 Å². The third-order valence-electron chi connectivity index (χ3n) is 5.75. The summed E-state index contributed by atoms with van der Waals surface area (Å²) < 4.78 is 41.8. The molecule has 1 aliphatic rings. The molecule has 0 radical (unpaired) electrons. The lowest BCUT2D eigenvalue weighted by Gasteiger charge is -2.12. The number of thioether (sulfide) groups is 1. The first kappa shape index (κ1) is 29.3. The van der Waals surface area contributed by atoms with Crippen molar-refractivity contribution in [3.8, 4) is 11.5 Å². The number of methoxy groups -OCH3 is 1. The van der Waals surface area contributed by atoms with E-state index in [2.05, 4.69) is 27.3 Å². The fraction of sp³-hybridized carbons (Fsp3) is 0.407. The average molecular weight is 610 g/mol. The fourth-order valence-electron chi connectivity index (χ4n) is 3.73. The van der Waals surface area contributed by atoms with Gasteiger partial charge in [0.2, 0.25) is 0 Å². The number of hydrogen-bond donors (Lipinski definition) is 0. The maximum atomic E-state index is 13.0. The van der Waals surface area contributed by atoms with Crippen molar-refractivity contribution >= 4 is 54.9 Å². The molecule has 0 aliphatic carbocycles. The third-order valence-corrected chi connectivity index (χ3v) is 8.69. The second kappa shape index (κ2) is 14.0. The van der Waals surface area contributed by atoms with E-state index >= 15 is 0 Å². The molecule has 0 aromatic heterocycles. The lowest BCUT2D eigenvalue weighted by Crippen LogP contribution is -2.29. The standard InChI is InChI=1S/C27H33BrN2O5S2/c1-4-6-7-8-9-10-17-35-23-16-11-20(18-24(23)34-3)19-25-26(31)30(5-2)27(36-25)29-37(32,33)22-14-12-21(28)13-15-22/h11-16,18-19H,4-10,17H2,1-3H3. The van der Waals surface area contributed by atoms with Crippen LogP contribution in [0.2, 0.25) is 0 Å². The molecule has 2 aromatic carbocycles. The predicted octanol–water partition coefficient (Wildman–Crippen LogP) is 6.88. The lowest BCUT2D eigenvalue weighted by molar-refractivity contribution is -0.122. The summed E-state index contributed by atoms with van der Waals surface area (Å²) in [6.07, 6.45) is 8.83. The summed E-state index contributed by atoms with van der Waals surface area (Å²) in [4.78, 5) is 14.8. The third kappa shape index (κ3) is 8.09. The Kier molecular flexibility index (Phi) is 11.1. The van der Waals surface area contributed by atoms with Gasteiger partial charge in [-0.3, -0.25) is 9.69 Å². The van der Waals surface area contributed by atoms with Crippen molar-refractivity contribution in [2.45, 2.75) is 57.3 Å². The number of carbonyl (C=O) groups excluding carboxylic acids is 1. The summed E-state index contributed by atoms with van der Waals surface area (Å²) in [6.45, 7) is 4.91.